The maximum absolute atomic E-state index is 13.8. The fourth-order valence-corrected chi connectivity index (χ4v) is 8.02. The monoisotopic (exact) mass is 806 g/mol. The Morgan fingerprint density at radius 2 is 1.41 bits per heavy atom. The number of nitrogens with two attached hydrogens (primary N) is 2. The Hall–Kier alpha value is -6.76. The molecule has 6 aromatic rings. The molecule has 0 bridgehead atoms. The van der Waals surface area contributed by atoms with Gasteiger partial charge < -0.3 is 30.2 Å². The van der Waals surface area contributed by atoms with Gasteiger partial charge in [-0.3, -0.25) is 43.7 Å². The van der Waals surface area contributed by atoms with E-state index >= 15 is 0 Å². The van der Waals surface area contributed by atoms with E-state index in [2.05, 4.69) is 20.8 Å². The number of rotatable bonds is 16. The van der Waals surface area contributed by atoms with Crippen LogP contribution in [0, 0.1) is 25.7 Å². The number of methoxy groups -OCH3 is 1. The van der Waals surface area contributed by atoms with E-state index in [0.29, 0.717) is 102 Å². The molecular weight excluding hydrogens is 761 g/mol. The molecule has 4 amide bonds. The summed E-state index contributed by atoms with van der Waals surface area (Å²) < 4.78 is 24.9. The van der Waals surface area contributed by atoms with Crippen LogP contribution in [-0.2, 0) is 24.4 Å². The molecule has 2 aliphatic rings. The van der Waals surface area contributed by atoms with E-state index in [1.165, 1.54) is 0 Å². The zero-order valence-electron chi connectivity index (χ0n) is 33.4. The highest BCUT2D eigenvalue weighted by atomic mass is 16.5. The minimum absolute atomic E-state index is 0.0107. The largest absolute Gasteiger partial charge is 0.491 e. The lowest BCUT2D eigenvalue weighted by Gasteiger charge is -2.28. The van der Waals surface area contributed by atoms with E-state index in [1.807, 2.05) is 36.8 Å². The standard InChI is InChI=1S/C40H46N12O7/c1-6-50-28(11-20(3)47-50)37(55)45-39-43-26-14-22(35(41)53)16-31(58-10-8-9-57-5)33(26)49(39)18-24-13-25(24)30-19-59-32-17-23(36(42)54)15-27-34(32)52(30)40(44-27)46-38(56)29-12-21(4)48-51(29)7-2/h11-12,14-17,24-25,30H,6-10,13,18-19H2,1-5H3,(H2,41,53)(H2,42,54)(H,43,45,55)(H,44,46,56)/t24?,25?,30-/m1/s1. The summed E-state index contributed by atoms with van der Waals surface area (Å²) in [6.07, 6.45) is 1.33. The number of amides is 4. The molecule has 0 spiro atoms. The zero-order chi connectivity index (χ0) is 41.7. The summed E-state index contributed by atoms with van der Waals surface area (Å²) in [4.78, 5) is 62.0. The van der Waals surface area contributed by atoms with Crippen molar-refractivity contribution in [2.24, 2.45) is 23.3 Å². The molecule has 0 saturated heterocycles. The average Bonchev–Trinajstić information content (AvgIpc) is 3.45. The van der Waals surface area contributed by atoms with Crippen LogP contribution in [0.2, 0.25) is 0 Å². The van der Waals surface area contributed by atoms with Crippen LogP contribution in [0.4, 0.5) is 11.9 Å². The Kier molecular flexibility index (Phi) is 10.3. The van der Waals surface area contributed by atoms with Crippen molar-refractivity contribution in [3.63, 3.8) is 0 Å². The SMILES string of the molecule is CCn1nc(C)cc1C(=O)Nc1nc2cc(C(N)=O)cc(OCCCOC)c2n1CC1CC1[C@H]1COc2cc(C(N)=O)cc3nc(NC(=O)c4cc(C)nn4CC)n1c23. The number of aryl methyl sites for hydroxylation is 4. The quantitative estimate of drug-likeness (QED) is 0.102. The first-order chi connectivity index (χ1) is 28.4. The second kappa shape index (κ2) is 15.5. The summed E-state index contributed by atoms with van der Waals surface area (Å²) in [7, 11) is 1.61. The van der Waals surface area contributed by atoms with Crippen LogP contribution in [0.1, 0.15) is 85.8 Å². The van der Waals surface area contributed by atoms with Gasteiger partial charge in [-0.1, -0.05) is 0 Å². The number of ether oxygens (including phenoxy) is 3. The molecule has 0 radical (unpaired) electrons. The number of hydrogen-bond acceptors (Lipinski definition) is 11. The first kappa shape index (κ1) is 39.1. The Bertz CT molecular complexity index is 2650. The van der Waals surface area contributed by atoms with Gasteiger partial charge in [0.05, 0.1) is 35.1 Å². The Morgan fingerprint density at radius 3 is 2.02 bits per heavy atom. The van der Waals surface area contributed by atoms with E-state index in [4.69, 9.17) is 35.6 Å². The lowest BCUT2D eigenvalue weighted by Crippen LogP contribution is -2.28. The van der Waals surface area contributed by atoms with E-state index in [9.17, 15) is 19.2 Å². The average molecular weight is 807 g/mol. The summed E-state index contributed by atoms with van der Waals surface area (Å²) in [5.41, 5.74) is 16.1. The first-order valence-corrected chi connectivity index (χ1v) is 19.5. The van der Waals surface area contributed by atoms with E-state index < -0.39 is 17.7 Å². The van der Waals surface area contributed by atoms with E-state index in [-0.39, 0.29) is 47.5 Å². The molecule has 1 saturated carbocycles. The van der Waals surface area contributed by atoms with Gasteiger partial charge in [0.25, 0.3) is 11.8 Å². The van der Waals surface area contributed by atoms with Crippen molar-refractivity contribution in [3.05, 3.63) is 70.3 Å². The van der Waals surface area contributed by atoms with Crippen molar-refractivity contribution in [2.75, 3.05) is 37.6 Å². The van der Waals surface area contributed by atoms with E-state index in [1.54, 1.807) is 52.9 Å². The normalized spacial score (nSPS) is 16.9. The molecule has 2 unspecified atom stereocenters. The number of aromatic nitrogens is 8. The summed E-state index contributed by atoms with van der Waals surface area (Å²) in [5, 5.41) is 14.9. The number of carbonyl (C=O) groups excluding carboxylic acids is 4. The minimum Gasteiger partial charge on any atom is -0.491 e. The molecule has 8 rings (SSSR count). The molecule has 19 nitrogen and oxygen atoms in total. The molecule has 6 N–H and O–H groups in total. The zero-order valence-corrected chi connectivity index (χ0v) is 33.4. The Labute approximate surface area is 338 Å². The van der Waals surface area contributed by atoms with Gasteiger partial charge in [-0.05, 0) is 82.3 Å². The number of primary amides is 2. The summed E-state index contributed by atoms with van der Waals surface area (Å²) >= 11 is 0. The molecule has 1 aliphatic heterocycles. The molecule has 5 heterocycles. The van der Waals surface area contributed by atoms with Crippen LogP contribution in [0.5, 0.6) is 11.5 Å². The Morgan fingerprint density at radius 1 is 0.814 bits per heavy atom. The molecule has 19 heteroatoms. The van der Waals surface area contributed by atoms with Crippen molar-refractivity contribution >= 4 is 57.6 Å². The predicted octanol–water partition coefficient (Wildman–Crippen LogP) is 3.82. The van der Waals surface area contributed by atoms with Crippen molar-refractivity contribution in [3.8, 4) is 11.5 Å². The highest BCUT2D eigenvalue weighted by Gasteiger charge is 2.47. The number of nitrogens with zero attached hydrogens (tertiary/aromatic N) is 8. The fourth-order valence-electron chi connectivity index (χ4n) is 8.02. The van der Waals surface area contributed by atoms with Crippen LogP contribution in [0.25, 0.3) is 22.1 Å². The summed E-state index contributed by atoms with van der Waals surface area (Å²) in [5.74, 6) is -0.668. The number of anilines is 2. The van der Waals surface area contributed by atoms with Crippen LogP contribution in [0.3, 0.4) is 0 Å². The second-order valence-electron chi connectivity index (χ2n) is 14.9. The van der Waals surface area contributed by atoms with Gasteiger partial charge in [0.2, 0.25) is 23.7 Å². The minimum atomic E-state index is -0.650. The van der Waals surface area contributed by atoms with Gasteiger partial charge in [0, 0.05) is 50.9 Å². The number of carbonyl (C=O) groups is 4. The molecule has 1 aliphatic carbocycles. The fraction of sp³-hybridized carbons (Fsp3) is 0.400. The van der Waals surface area contributed by atoms with Crippen LogP contribution < -0.4 is 31.6 Å². The number of nitrogens with one attached hydrogen (secondary N) is 2. The smallest absolute Gasteiger partial charge is 0.276 e. The van der Waals surface area contributed by atoms with Crippen LogP contribution in [-0.4, -0.2) is 89.2 Å². The molecule has 2 aromatic carbocycles. The van der Waals surface area contributed by atoms with Crippen molar-refractivity contribution in [1.82, 2.24) is 38.7 Å². The third kappa shape index (κ3) is 7.32. The maximum atomic E-state index is 13.8. The maximum Gasteiger partial charge on any atom is 0.276 e. The molecular formula is C40H46N12O7. The summed E-state index contributed by atoms with van der Waals surface area (Å²) in [6.45, 7) is 9.81. The van der Waals surface area contributed by atoms with Crippen molar-refractivity contribution in [1.29, 1.82) is 0 Å². The molecule has 59 heavy (non-hydrogen) atoms. The van der Waals surface area contributed by atoms with Gasteiger partial charge in [0.15, 0.2) is 0 Å². The molecule has 1 fully saturated rings. The Balaban J connectivity index is 1.17. The van der Waals surface area contributed by atoms with Gasteiger partial charge in [0.1, 0.15) is 40.5 Å². The van der Waals surface area contributed by atoms with Gasteiger partial charge >= 0.3 is 0 Å². The highest BCUT2D eigenvalue weighted by molar-refractivity contribution is 6.05. The summed E-state index contributed by atoms with van der Waals surface area (Å²) in [6, 6.07) is 9.52. The number of hydrogen-bond donors (Lipinski definition) is 4. The van der Waals surface area contributed by atoms with Crippen molar-refractivity contribution < 1.29 is 33.4 Å². The third-order valence-corrected chi connectivity index (χ3v) is 10.8. The first-order valence-electron chi connectivity index (χ1n) is 19.5. The molecule has 4 aromatic heterocycles. The lowest BCUT2D eigenvalue weighted by atomic mass is 10.1. The molecule has 308 valence electrons. The lowest BCUT2D eigenvalue weighted by molar-refractivity contribution is 0.0991. The van der Waals surface area contributed by atoms with Gasteiger partial charge in [-0.2, -0.15) is 10.2 Å². The van der Waals surface area contributed by atoms with Crippen molar-refractivity contribution in [2.45, 2.75) is 66.2 Å². The van der Waals surface area contributed by atoms with Gasteiger partial charge in [-0.25, -0.2) is 9.97 Å². The number of imidazole rings is 2. The number of fused-ring (bicyclic) bond motifs is 1. The van der Waals surface area contributed by atoms with E-state index in [0.717, 1.165) is 6.42 Å². The second-order valence-corrected chi connectivity index (χ2v) is 14.9. The van der Waals surface area contributed by atoms with Crippen LogP contribution >= 0.6 is 0 Å². The molecule has 3 atom stereocenters. The van der Waals surface area contributed by atoms with Crippen LogP contribution in [0.15, 0.2) is 36.4 Å². The van der Waals surface area contributed by atoms with Gasteiger partial charge in [-0.15, -0.1) is 0 Å². The third-order valence-electron chi connectivity index (χ3n) is 10.8. The predicted molar refractivity (Wildman–Crippen MR) is 216 cm³/mol. The highest BCUT2D eigenvalue weighted by Crippen LogP contribution is 2.52. The topological polar surface area (TPSA) is 243 Å². The number of benzene rings is 2.